The number of fused-ring (bicyclic) bond motifs is 12. The van der Waals surface area contributed by atoms with Crippen LogP contribution in [0.4, 0.5) is 34.1 Å². The first kappa shape index (κ1) is 50.2. The average Bonchev–Trinajstić information content (AvgIpc) is 3.79. The summed E-state index contributed by atoms with van der Waals surface area (Å²) < 4.78 is 10.5. The Hall–Kier alpha value is -6.04. The molecule has 0 amide bonds. The van der Waals surface area contributed by atoms with E-state index in [4.69, 9.17) is 4.42 Å². The van der Waals surface area contributed by atoms with Gasteiger partial charge in [-0.05, 0) is 217 Å². The van der Waals surface area contributed by atoms with Crippen LogP contribution >= 0.6 is 11.3 Å². The fourth-order valence-electron chi connectivity index (χ4n) is 15.3. The molecule has 0 atom stereocenters. The maximum atomic E-state index is 7.84. The molecule has 5 heteroatoms. The molecule has 7 aromatic carbocycles. The predicted octanol–water partition coefficient (Wildman–Crippen LogP) is 19.2. The Bertz CT molecular complexity index is 4050. The van der Waals surface area contributed by atoms with Gasteiger partial charge >= 0.3 is 0 Å². The number of anilines is 6. The summed E-state index contributed by atoms with van der Waals surface area (Å²) in [6.45, 7) is 38.9. The van der Waals surface area contributed by atoms with Crippen LogP contribution in [-0.4, -0.2) is 6.71 Å². The molecule has 14 rings (SSSR count). The molecule has 0 spiro atoms. The van der Waals surface area contributed by atoms with Gasteiger partial charge in [0.1, 0.15) is 5.58 Å². The van der Waals surface area contributed by atoms with Crippen LogP contribution in [0.5, 0.6) is 0 Å². The monoisotopic (exact) mass is 1040 g/mol. The number of furan rings is 1. The van der Waals surface area contributed by atoms with Crippen molar-refractivity contribution in [3.63, 3.8) is 0 Å². The van der Waals surface area contributed by atoms with Crippen molar-refractivity contribution in [1.29, 1.82) is 0 Å². The van der Waals surface area contributed by atoms with Gasteiger partial charge in [-0.25, -0.2) is 0 Å². The van der Waals surface area contributed by atoms with E-state index in [1.54, 1.807) is 0 Å². The van der Waals surface area contributed by atoms with E-state index in [2.05, 4.69) is 236 Å². The van der Waals surface area contributed by atoms with Gasteiger partial charge in [-0.15, -0.1) is 11.3 Å². The number of hydrogen-bond donors (Lipinski definition) is 0. The van der Waals surface area contributed by atoms with E-state index in [0.717, 1.165) is 49.8 Å². The minimum atomic E-state index is -0.155. The van der Waals surface area contributed by atoms with Gasteiger partial charge in [0, 0.05) is 53.9 Å². The van der Waals surface area contributed by atoms with E-state index >= 15 is 0 Å². The first-order chi connectivity index (χ1) is 36.6. The highest BCUT2D eigenvalue weighted by Crippen LogP contribution is 2.57. The van der Waals surface area contributed by atoms with E-state index in [-0.39, 0.29) is 44.6 Å². The van der Waals surface area contributed by atoms with E-state index in [0.29, 0.717) is 0 Å². The lowest BCUT2D eigenvalue weighted by Gasteiger charge is -2.47. The molecule has 78 heavy (non-hydrogen) atoms. The molecule has 2 aromatic heterocycles. The third kappa shape index (κ3) is 7.20. The van der Waals surface area contributed by atoms with Gasteiger partial charge in [0.2, 0.25) is 0 Å². The van der Waals surface area contributed by atoms with Gasteiger partial charge in [0.05, 0.1) is 17.0 Å². The molecule has 2 aliphatic heterocycles. The number of thiophene rings is 1. The van der Waals surface area contributed by atoms with Crippen LogP contribution in [0.2, 0.25) is 0 Å². The van der Waals surface area contributed by atoms with Crippen LogP contribution < -0.4 is 26.4 Å². The van der Waals surface area contributed by atoms with Crippen molar-refractivity contribution in [2.24, 2.45) is 0 Å². The molecule has 396 valence electrons. The second-order valence-electron chi connectivity index (χ2n) is 29.8. The summed E-state index contributed by atoms with van der Waals surface area (Å²) >= 11 is 1.91. The maximum Gasteiger partial charge on any atom is 0.297 e. The summed E-state index contributed by atoms with van der Waals surface area (Å²) in [6.07, 6.45) is 6.90. The predicted molar refractivity (Wildman–Crippen MR) is 338 cm³/mol. The highest BCUT2D eigenvalue weighted by molar-refractivity contribution is 7.25. The van der Waals surface area contributed by atoms with Crippen LogP contribution in [0.1, 0.15) is 187 Å². The second-order valence-corrected chi connectivity index (χ2v) is 30.9. The molecule has 0 bridgehead atoms. The zero-order valence-corrected chi connectivity index (χ0v) is 50.3. The van der Waals surface area contributed by atoms with Gasteiger partial charge < -0.3 is 14.2 Å². The Labute approximate surface area is 469 Å². The average molecular weight is 1040 g/mol. The normalized spacial score (nSPS) is 19.8. The Balaban J connectivity index is 1.14. The van der Waals surface area contributed by atoms with Crippen molar-refractivity contribution in [1.82, 2.24) is 0 Å². The van der Waals surface area contributed by atoms with Crippen molar-refractivity contribution in [3.8, 4) is 11.1 Å². The van der Waals surface area contributed by atoms with Gasteiger partial charge in [-0.2, -0.15) is 0 Å². The second kappa shape index (κ2) is 16.1. The molecule has 0 saturated heterocycles. The molecule has 0 saturated carbocycles. The van der Waals surface area contributed by atoms with Crippen LogP contribution in [0.25, 0.3) is 42.3 Å². The Morgan fingerprint density at radius 2 is 0.974 bits per heavy atom. The molecule has 0 fully saturated rings. The third-order valence-electron chi connectivity index (χ3n) is 20.6. The highest BCUT2D eigenvalue weighted by atomic mass is 32.1. The zero-order chi connectivity index (χ0) is 54.8. The highest BCUT2D eigenvalue weighted by Gasteiger charge is 2.51. The van der Waals surface area contributed by atoms with Gasteiger partial charge in [0.15, 0.2) is 0 Å². The van der Waals surface area contributed by atoms with Crippen LogP contribution in [-0.2, 0) is 37.9 Å². The minimum absolute atomic E-state index is 0.00158. The first-order valence-electron chi connectivity index (χ1n) is 29.4. The first-order valence-corrected chi connectivity index (χ1v) is 30.2. The number of benzene rings is 7. The fourth-order valence-corrected chi connectivity index (χ4v) is 16.3. The molecular formula is C73H79BN2OS. The topological polar surface area (TPSA) is 19.6 Å². The van der Waals surface area contributed by atoms with E-state index < -0.39 is 0 Å². The summed E-state index contributed by atoms with van der Waals surface area (Å²) in [5.74, 6) is 0. The van der Waals surface area contributed by atoms with Crippen LogP contribution in [0.15, 0.2) is 120 Å². The SMILES string of the molecule is Cc1cc2c3c(c1)N(c1ccc4sc5ccc(C(C)(C)C)cc5c4c1)c1c(oc4cc5c(cc14)C(C)(C)CCC5(C)C)B3c1cc3c(cc1N2c1cc2c(cc1-c1ccccc1)C(C)(C)CCC2(C)C)C(C)(C)CCC3(C)C. The standard InChI is InChI=1S/C73H79BN2OS/c1-42-32-59-64-60(33-42)76(57-39-53-50(68(5,6)26-29-71(53,11)12)36-46(57)43-20-18-17-19-21-43)58-40-54-52(70(9,10)28-30-72(54,13)14)38-56(58)74(64)66-65(49-37-51-55(41-61(49)77-66)73(15,16)31-27-69(51,7)8)75(59)45-23-25-63-48(35-45)47-34-44(67(2,3)4)22-24-62(47)78-63/h17-25,32-41H,26-31H2,1-16H3. The molecule has 4 heterocycles. The lowest BCUT2D eigenvalue weighted by Crippen LogP contribution is -2.61. The quantitative estimate of drug-likeness (QED) is 0.164. The van der Waals surface area contributed by atoms with Crippen LogP contribution in [0.3, 0.4) is 0 Å². The van der Waals surface area contributed by atoms with Gasteiger partial charge in [0.25, 0.3) is 6.71 Å². The Morgan fingerprint density at radius 3 is 1.56 bits per heavy atom. The maximum absolute atomic E-state index is 7.84. The minimum Gasteiger partial charge on any atom is -0.468 e. The summed E-state index contributed by atoms with van der Waals surface area (Å²) in [6, 6.07) is 46.5. The Morgan fingerprint density at radius 1 is 0.474 bits per heavy atom. The molecule has 9 aromatic rings. The molecule has 0 unspecified atom stereocenters. The van der Waals surface area contributed by atoms with E-state index in [9.17, 15) is 0 Å². The number of hydrogen-bond acceptors (Lipinski definition) is 4. The smallest absolute Gasteiger partial charge is 0.297 e. The third-order valence-corrected chi connectivity index (χ3v) is 21.8. The van der Waals surface area contributed by atoms with Crippen molar-refractivity contribution in [2.45, 2.75) is 187 Å². The van der Waals surface area contributed by atoms with Crippen molar-refractivity contribution < 1.29 is 4.42 Å². The number of aryl methyl sites for hydroxylation is 1. The van der Waals surface area contributed by atoms with Gasteiger partial charge in [-0.3, -0.25) is 0 Å². The molecular weight excluding hydrogens is 964 g/mol. The van der Waals surface area contributed by atoms with E-state index in [1.807, 2.05) is 11.3 Å². The summed E-state index contributed by atoms with van der Waals surface area (Å²) in [5.41, 5.74) is 26.2. The molecule has 3 nitrogen and oxygen atoms in total. The van der Waals surface area contributed by atoms with Crippen molar-refractivity contribution >= 4 is 99.9 Å². The molecule has 3 aliphatic carbocycles. The number of rotatable bonds is 3. The number of nitrogens with zero attached hydrogens (tertiary/aromatic N) is 2. The molecule has 0 radical (unpaired) electrons. The Kier molecular flexibility index (Phi) is 10.4. The molecule has 5 aliphatic rings. The fraction of sp³-hybridized carbons (Fsp3) is 0.397. The summed E-state index contributed by atoms with van der Waals surface area (Å²) in [5, 5.41) is 3.86. The largest absolute Gasteiger partial charge is 0.468 e. The lowest BCUT2D eigenvalue weighted by molar-refractivity contribution is 0.332. The zero-order valence-electron chi connectivity index (χ0n) is 49.5. The lowest BCUT2D eigenvalue weighted by atomic mass is 9.35. The van der Waals surface area contributed by atoms with Gasteiger partial charge in [-0.1, -0.05) is 146 Å². The summed E-state index contributed by atoms with van der Waals surface area (Å²) in [4.78, 5) is 5.40. The van der Waals surface area contributed by atoms with Crippen molar-refractivity contribution in [3.05, 3.63) is 160 Å². The van der Waals surface area contributed by atoms with Crippen LogP contribution in [0, 0.1) is 6.92 Å². The molecule has 0 N–H and O–H groups in total. The van der Waals surface area contributed by atoms with E-state index in [1.165, 1.54) is 126 Å². The van der Waals surface area contributed by atoms with Crippen molar-refractivity contribution in [2.75, 3.05) is 9.80 Å². The summed E-state index contributed by atoms with van der Waals surface area (Å²) in [7, 11) is 0.